The summed E-state index contributed by atoms with van der Waals surface area (Å²) in [4.78, 5) is 0. The van der Waals surface area contributed by atoms with E-state index in [9.17, 15) is 5.11 Å². The first-order valence-electron chi connectivity index (χ1n) is 5.92. The Kier molecular flexibility index (Phi) is 8.15. The average molecular weight is 278 g/mol. The number of hydrogen-bond donors (Lipinski definition) is 1. The van der Waals surface area contributed by atoms with Gasteiger partial charge in [0.05, 0.1) is 0 Å². The lowest BCUT2D eigenvalue weighted by Crippen LogP contribution is -2.51. The fraction of sp³-hybridized carbons (Fsp3) is 0.833. The largest absolute Gasteiger partial charge is 0.386 e. The molecule has 0 saturated carbocycles. The van der Waals surface area contributed by atoms with Gasteiger partial charge in [0.1, 0.15) is 44.8 Å². The fourth-order valence-corrected chi connectivity index (χ4v) is 1.80. The SMILES string of the molecule is COCO[C@H]1[C@H](OCOC)[C@H](OCOC)C=C[C@@H]1O. The molecule has 7 heteroatoms. The van der Waals surface area contributed by atoms with Crippen LogP contribution in [0.25, 0.3) is 0 Å². The second-order valence-corrected chi connectivity index (χ2v) is 3.99. The van der Waals surface area contributed by atoms with Gasteiger partial charge < -0.3 is 33.5 Å². The molecule has 112 valence electrons. The molecule has 1 aliphatic carbocycles. The van der Waals surface area contributed by atoms with Gasteiger partial charge in [-0.1, -0.05) is 12.2 Å². The minimum Gasteiger partial charge on any atom is -0.386 e. The van der Waals surface area contributed by atoms with E-state index >= 15 is 0 Å². The molecule has 1 N–H and O–H groups in total. The first kappa shape index (κ1) is 16.5. The van der Waals surface area contributed by atoms with Crippen LogP contribution in [-0.2, 0) is 28.4 Å². The number of rotatable bonds is 9. The van der Waals surface area contributed by atoms with Crippen LogP contribution in [0.4, 0.5) is 0 Å². The lowest BCUT2D eigenvalue weighted by Gasteiger charge is -2.36. The van der Waals surface area contributed by atoms with Crippen LogP contribution >= 0.6 is 0 Å². The molecule has 0 heterocycles. The van der Waals surface area contributed by atoms with Crippen LogP contribution in [0.2, 0.25) is 0 Å². The normalized spacial score (nSPS) is 30.7. The Morgan fingerprint density at radius 2 is 1.32 bits per heavy atom. The summed E-state index contributed by atoms with van der Waals surface area (Å²) >= 11 is 0. The third kappa shape index (κ3) is 5.15. The smallest absolute Gasteiger partial charge is 0.147 e. The van der Waals surface area contributed by atoms with Gasteiger partial charge in [-0.25, -0.2) is 0 Å². The summed E-state index contributed by atoms with van der Waals surface area (Å²) in [6, 6.07) is 0. The zero-order valence-electron chi connectivity index (χ0n) is 11.5. The van der Waals surface area contributed by atoms with E-state index in [2.05, 4.69) is 0 Å². The van der Waals surface area contributed by atoms with Gasteiger partial charge >= 0.3 is 0 Å². The third-order valence-electron chi connectivity index (χ3n) is 2.62. The summed E-state index contributed by atoms with van der Waals surface area (Å²) in [5.74, 6) is 0. The molecule has 0 aromatic carbocycles. The Balaban J connectivity index is 2.69. The molecule has 0 aromatic rings. The van der Waals surface area contributed by atoms with Gasteiger partial charge in [-0.3, -0.25) is 0 Å². The maximum absolute atomic E-state index is 9.93. The van der Waals surface area contributed by atoms with Crippen molar-refractivity contribution in [2.24, 2.45) is 0 Å². The Labute approximate surface area is 113 Å². The molecule has 0 amide bonds. The Hall–Kier alpha value is -0.540. The first-order valence-corrected chi connectivity index (χ1v) is 5.92. The molecule has 0 radical (unpaired) electrons. The van der Waals surface area contributed by atoms with Gasteiger partial charge in [0.25, 0.3) is 0 Å². The molecular weight excluding hydrogens is 256 g/mol. The molecule has 4 atom stereocenters. The summed E-state index contributed by atoms with van der Waals surface area (Å²) < 4.78 is 31.1. The van der Waals surface area contributed by atoms with Crippen LogP contribution in [0.15, 0.2) is 12.2 Å². The van der Waals surface area contributed by atoms with Crippen LogP contribution in [-0.4, -0.2) is 71.2 Å². The molecule has 0 aromatic heterocycles. The number of ether oxygens (including phenoxy) is 6. The molecule has 0 saturated heterocycles. The fourth-order valence-electron chi connectivity index (χ4n) is 1.80. The van der Waals surface area contributed by atoms with Gasteiger partial charge in [-0.2, -0.15) is 0 Å². The van der Waals surface area contributed by atoms with Crippen molar-refractivity contribution in [2.75, 3.05) is 41.7 Å². The number of aliphatic hydroxyl groups is 1. The lowest BCUT2D eigenvalue weighted by atomic mass is 9.96. The van der Waals surface area contributed by atoms with E-state index in [1.54, 1.807) is 12.2 Å². The predicted octanol–water partition coefficient (Wildman–Crippen LogP) is -0.116. The minimum absolute atomic E-state index is 0.0550. The highest BCUT2D eigenvalue weighted by molar-refractivity contribution is 5.09. The lowest BCUT2D eigenvalue weighted by molar-refractivity contribution is -0.216. The highest BCUT2D eigenvalue weighted by Gasteiger charge is 2.38. The van der Waals surface area contributed by atoms with Gasteiger partial charge in [0.2, 0.25) is 0 Å². The van der Waals surface area contributed by atoms with E-state index in [4.69, 9.17) is 28.4 Å². The monoisotopic (exact) mass is 278 g/mol. The highest BCUT2D eigenvalue weighted by atomic mass is 16.7. The second-order valence-electron chi connectivity index (χ2n) is 3.99. The number of hydrogen-bond acceptors (Lipinski definition) is 7. The number of aliphatic hydroxyl groups excluding tert-OH is 1. The predicted molar refractivity (Wildman–Crippen MR) is 65.4 cm³/mol. The van der Waals surface area contributed by atoms with E-state index in [0.717, 1.165) is 0 Å². The maximum Gasteiger partial charge on any atom is 0.147 e. The summed E-state index contributed by atoms with van der Waals surface area (Å²) in [7, 11) is 4.56. The summed E-state index contributed by atoms with van der Waals surface area (Å²) in [5, 5.41) is 9.93. The van der Waals surface area contributed by atoms with Crippen LogP contribution < -0.4 is 0 Å². The van der Waals surface area contributed by atoms with Crippen molar-refractivity contribution in [1.82, 2.24) is 0 Å². The van der Waals surface area contributed by atoms with Crippen molar-refractivity contribution in [3.05, 3.63) is 12.2 Å². The molecule has 1 aliphatic rings. The van der Waals surface area contributed by atoms with E-state index in [1.807, 2.05) is 0 Å². The number of methoxy groups -OCH3 is 3. The van der Waals surface area contributed by atoms with Gasteiger partial charge in [0.15, 0.2) is 0 Å². The second kappa shape index (κ2) is 9.38. The highest BCUT2D eigenvalue weighted by Crippen LogP contribution is 2.22. The maximum atomic E-state index is 9.93. The Morgan fingerprint density at radius 1 is 0.789 bits per heavy atom. The van der Waals surface area contributed by atoms with Gasteiger partial charge in [0, 0.05) is 21.3 Å². The molecule has 1 rings (SSSR count). The molecule has 7 nitrogen and oxygen atoms in total. The molecular formula is C12H22O7. The third-order valence-corrected chi connectivity index (χ3v) is 2.62. The zero-order valence-corrected chi connectivity index (χ0v) is 11.5. The zero-order chi connectivity index (χ0) is 14.1. The minimum atomic E-state index is -0.792. The molecule has 0 spiro atoms. The van der Waals surface area contributed by atoms with E-state index in [-0.39, 0.29) is 26.5 Å². The van der Waals surface area contributed by atoms with E-state index < -0.39 is 18.3 Å². The average Bonchev–Trinajstić information content (AvgIpc) is 2.42. The standard InChI is InChI=1S/C12H22O7/c1-14-6-17-10-5-4-9(13)11(18-7-15-2)12(10)19-8-16-3/h4-5,9-13H,6-8H2,1-3H3/t9-,10+,11+,12+/m0/s1. The van der Waals surface area contributed by atoms with Crippen molar-refractivity contribution in [2.45, 2.75) is 24.4 Å². The molecule has 19 heavy (non-hydrogen) atoms. The van der Waals surface area contributed by atoms with Crippen LogP contribution in [0.3, 0.4) is 0 Å². The van der Waals surface area contributed by atoms with Crippen molar-refractivity contribution in [1.29, 1.82) is 0 Å². The van der Waals surface area contributed by atoms with E-state index in [1.165, 1.54) is 21.3 Å². The molecule has 0 bridgehead atoms. The quantitative estimate of drug-likeness (QED) is 0.465. The van der Waals surface area contributed by atoms with Crippen LogP contribution in [0.1, 0.15) is 0 Å². The topological polar surface area (TPSA) is 75.6 Å². The molecule has 0 aliphatic heterocycles. The Morgan fingerprint density at radius 3 is 1.89 bits per heavy atom. The van der Waals surface area contributed by atoms with Crippen LogP contribution in [0, 0.1) is 0 Å². The molecule has 0 fully saturated rings. The van der Waals surface area contributed by atoms with Crippen molar-refractivity contribution < 1.29 is 33.5 Å². The van der Waals surface area contributed by atoms with E-state index in [0.29, 0.717) is 0 Å². The summed E-state index contributed by atoms with van der Waals surface area (Å²) in [6.07, 6.45) is 1.04. The van der Waals surface area contributed by atoms with Crippen molar-refractivity contribution in [3.63, 3.8) is 0 Å². The summed E-state index contributed by atoms with van der Waals surface area (Å²) in [5.41, 5.74) is 0. The van der Waals surface area contributed by atoms with Crippen LogP contribution in [0.5, 0.6) is 0 Å². The van der Waals surface area contributed by atoms with Crippen molar-refractivity contribution in [3.8, 4) is 0 Å². The molecule has 0 unspecified atom stereocenters. The summed E-state index contributed by atoms with van der Waals surface area (Å²) in [6.45, 7) is 0.249. The van der Waals surface area contributed by atoms with Gasteiger partial charge in [-0.15, -0.1) is 0 Å². The first-order chi connectivity index (χ1) is 9.24. The van der Waals surface area contributed by atoms with Gasteiger partial charge in [-0.05, 0) is 0 Å². The Bertz CT molecular complexity index is 258. The van der Waals surface area contributed by atoms with Crippen molar-refractivity contribution >= 4 is 0 Å².